The Labute approximate surface area is 121 Å². The molecule has 0 radical (unpaired) electrons. The van der Waals surface area contributed by atoms with Crippen molar-refractivity contribution in [2.45, 2.75) is 0 Å². The first-order valence-corrected chi connectivity index (χ1v) is 6.61. The third-order valence-corrected chi connectivity index (χ3v) is 2.98. The highest BCUT2D eigenvalue weighted by atomic mass is 14.0. The van der Waals surface area contributed by atoms with Gasteiger partial charge in [0.2, 0.25) is 0 Å². The van der Waals surface area contributed by atoms with Crippen molar-refractivity contribution in [1.29, 1.82) is 0 Å². The number of allylic oxidation sites excluding steroid dienone is 3. The van der Waals surface area contributed by atoms with Crippen LogP contribution < -0.4 is 0 Å². The summed E-state index contributed by atoms with van der Waals surface area (Å²) in [6.07, 6.45) is 10.0. The van der Waals surface area contributed by atoms with E-state index in [1.54, 1.807) is 0 Å². The fraction of sp³-hybridized carbons (Fsp3) is 0. The molecule has 0 N–H and O–H groups in total. The molecule has 2 rings (SSSR count). The van der Waals surface area contributed by atoms with Crippen LogP contribution in [0.15, 0.2) is 85.5 Å². The number of benzene rings is 2. The van der Waals surface area contributed by atoms with Crippen molar-refractivity contribution >= 4 is 18.2 Å². The van der Waals surface area contributed by atoms with Crippen LogP contribution in [-0.4, -0.2) is 0 Å². The van der Waals surface area contributed by atoms with E-state index >= 15 is 0 Å². The fourth-order valence-electron chi connectivity index (χ4n) is 1.87. The Morgan fingerprint density at radius 3 is 2.05 bits per heavy atom. The normalized spacial score (nSPS) is 11.0. The van der Waals surface area contributed by atoms with Gasteiger partial charge in [0.25, 0.3) is 0 Å². The highest BCUT2D eigenvalue weighted by Gasteiger charge is 1.92. The molecule has 0 unspecified atom stereocenters. The van der Waals surface area contributed by atoms with E-state index in [0.29, 0.717) is 0 Å². The van der Waals surface area contributed by atoms with Gasteiger partial charge in [0.15, 0.2) is 0 Å². The molecule has 0 spiro atoms. The van der Waals surface area contributed by atoms with Crippen molar-refractivity contribution < 1.29 is 0 Å². The molecule has 0 aromatic heterocycles. The molecule has 0 aliphatic rings. The van der Waals surface area contributed by atoms with Gasteiger partial charge in [0.05, 0.1) is 0 Å². The Balaban J connectivity index is 2.06. The monoisotopic (exact) mass is 258 g/mol. The van der Waals surface area contributed by atoms with Crippen LogP contribution >= 0.6 is 0 Å². The molecular formula is C20H18. The van der Waals surface area contributed by atoms with Crippen LogP contribution in [0.3, 0.4) is 0 Å². The van der Waals surface area contributed by atoms with Gasteiger partial charge in [-0.1, -0.05) is 98.1 Å². The summed E-state index contributed by atoms with van der Waals surface area (Å²) >= 11 is 0. The zero-order chi connectivity index (χ0) is 14.2. The summed E-state index contributed by atoms with van der Waals surface area (Å²) in [4.78, 5) is 0. The molecule has 0 aliphatic heterocycles. The average molecular weight is 258 g/mol. The maximum atomic E-state index is 4.04. The van der Waals surface area contributed by atoms with Crippen LogP contribution in [0.25, 0.3) is 18.2 Å². The average Bonchev–Trinajstić information content (AvgIpc) is 2.52. The van der Waals surface area contributed by atoms with Crippen LogP contribution in [-0.2, 0) is 0 Å². The van der Waals surface area contributed by atoms with E-state index in [4.69, 9.17) is 0 Å². The van der Waals surface area contributed by atoms with Crippen LogP contribution in [0.4, 0.5) is 0 Å². The predicted octanol–water partition coefficient (Wildman–Crippen LogP) is 5.61. The molecule has 0 heterocycles. The Kier molecular flexibility index (Phi) is 4.91. The number of hydrogen-bond acceptors (Lipinski definition) is 0. The lowest BCUT2D eigenvalue weighted by atomic mass is 10.1. The Bertz CT molecular complexity index is 643. The summed E-state index contributed by atoms with van der Waals surface area (Å²) in [5.41, 5.74) is 4.42. The molecular weight excluding hydrogens is 240 g/mol. The molecule has 0 aliphatic carbocycles. The molecule has 0 bridgehead atoms. The molecule has 0 fully saturated rings. The second-order valence-corrected chi connectivity index (χ2v) is 4.49. The number of rotatable bonds is 5. The second kappa shape index (κ2) is 7.10. The maximum absolute atomic E-state index is 4.04. The summed E-state index contributed by atoms with van der Waals surface area (Å²) in [5.74, 6) is 0. The van der Waals surface area contributed by atoms with E-state index in [1.807, 2.05) is 48.6 Å². The van der Waals surface area contributed by atoms with Crippen molar-refractivity contribution in [3.8, 4) is 0 Å². The van der Waals surface area contributed by atoms with E-state index < -0.39 is 0 Å². The van der Waals surface area contributed by atoms with Crippen molar-refractivity contribution in [2.24, 2.45) is 0 Å². The van der Waals surface area contributed by atoms with Gasteiger partial charge in [0.1, 0.15) is 0 Å². The molecule has 98 valence electrons. The van der Waals surface area contributed by atoms with Crippen LogP contribution in [0.1, 0.15) is 16.7 Å². The first kappa shape index (κ1) is 13.8. The molecule has 2 aromatic rings. The molecule has 0 saturated carbocycles. The quantitative estimate of drug-likeness (QED) is 0.611. The van der Waals surface area contributed by atoms with Crippen LogP contribution in [0.2, 0.25) is 0 Å². The minimum absolute atomic E-state index is 0.965. The minimum atomic E-state index is 0.965. The van der Waals surface area contributed by atoms with E-state index in [9.17, 15) is 0 Å². The first-order valence-electron chi connectivity index (χ1n) is 6.61. The van der Waals surface area contributed by atoms with Gasteiger partial charge >= 0.3 is 0 Å². The standard InChI is InChI=1S/C20H18/c1-3-19-11-7-8-12-20(19)16-14-17(2)13-15-18-9-5-4-6-10-18/h3-16H,1-2H2. The summed E-state index contributed by atoms with van der Waals surface area (Å²) in [5, 5.41) is 0. The highest BCUT2D eigenvalue weighted by molar-refractivity contribution is 5.66. The van der Waals surface area contributed by atoms with Gasteiger partial charge in [0, 0.05) is 0 Å². The Morgan fingerprint density at radius 2 is 1.35 bits per heavy atom. The van der Waals surface area contributed by atoms with Gasteiger partial charge in [-0.2, -0.15) is 0 Å². The fourth-order valence-corrected chi connectivity index (χ4v) is 1.87. The summed E-state index contributed by atoms with van der Waals surface area (Å²) in [6, 6.07) is 18.4. The topological polar surface area (TPSA) is 0 Å². The maximum Gasteiger partial charge on any atom is -0.0184 e. The van der Waals surface area contributed by atoms with Gasteiger partial charge in [-0.15, -0.1) is 0 Å². The van der Waals surface area contributed by atoms with Gasteiger partial charge < -0.3 is 0 Å². The summed E-state index contributed by atoms with van der Waals surface area (Å²) in [7, 11) is 0. The third kappa shape index (κ3) is 3.96. The Hall–Kier alpha value is -2.60. The van der Waals surface area contributed by atoms with Crippen LogP contribution in [0, 0.1) is 0 Å². The molecule has 0 amide bonds. The molecule has 0 saturated heterocycles. The van der Waals surface area contributed by atoms with Gasteiger partial charge in [-0.05, 0) is 22.3 Å². The summed E-state index contributed by atoms with van der Waals surface area (Å²) < 4.78 is 0. The molecule has 0 heteroatoms. The zero-order valence-electron chi connectivity index (χ0n) is 11.5. The van der Waals surface area contributed by atoms with E-state index in [2.05, 4.69) is 49.6 Å². The van der Waals surface area contributed by atoms with Crippen molar-refractivity contribution in [1.82, 2.24) is 0 Å². The molecule has 2 aromatic carbocycles. The molecule has 20 heavy (non-hydrogen) atoms. The van der Waals surface area contributed by atoms with Crippen molar-refractivity contribution in [2.75, 3.05) is 0 Å². The smallest absolute Gasteiger partial charge is 0.0184 e. The van der Waals surface area contributed by atoms with E-state index in [0.717, 1.165) is 16.7 Å². The largest absolute Gasteiger partial charge is 0.0984 e. The second-order valence-electron chi connectivity index (χ2n) is 4.49. The highest BCUT2D eigenvalue weighted by Crippen LogP contribution is 2.13. The third-order valence-electron chi connectivity index (χ3n) is 2.98. The molecule has 0 atom stereocenters. The van der Waals surface area contributed by atoms with Crippen LogP contribution in [0.5, 0.6) is 0 Å². The van der Waals surface area contributed by atoms with Gasteiger partial charge in [-0.3, -0.25) is 0 Å². The Morgan fingerprint density at radius 1 is 0.750 bits per heavy atom. The van der Waals surface area contributed by atoms with E-state index in [-0.39, 0.29) is 0 Å². The lowest BCUT2D eigenvalue weighted by Crippen LogP contribution is -1.78. The predicted molar refractivity (Wildman–Crippen MR) is 90.2 cm³/mol. The van der Waals surface area contributed by atoms with Crippen molar-refractivity contribution in [3.63, 3.8) is 0 Å². The first-order chi connectivity index (χ1) is 9.79. The number of hydrogen-bond donors (Lipinski definition) is 0. The lowest BCUT2D eigenvalue weighted by molar-refractivity contribution is 1.61. The van der Waals surface area contributed by atoms with E-state index in [1.165, 1.54) is 5.56 Å². The zero-order valence-corrected chi connectivity index (χ0v) is 11.5. The minimum Gasteiger partial charge on any atom is -0.0984 e. The summed E-state index contributed by atoms with van der Waals surface area (Å²) in [6.45, 7) is 7.87. The van der Waals surface area contributed by atoms with Crippen molar-refractivity contribution in [3.05, 3.63) is 102 Å². The SMILES string of the molecule is C=Cc1ccccc1C=CC(=C)C=Cc1ccccc1. The molecule has 0 nitrogen and oxygen atoms in total. The van der Waals surface area contributed by atoms with Gasteiger partial charge in [-0.25, -0.2) is 0 Å². The lowest BCUT2D eigenvalue weighted by Gasteiger charge is -1.99.